The number of thiazole rings is 1. The predicted molar refractivity (Wildman–Crippen MR) is 139 cm³/mol. The molecule has 4 heterocycles. The molecule has 3 aromatic heterocycles. The van der Waals surface area contributed by atoms with Crippen LogP contribution in [0.1, 0.15) is 44.4 Å². The summed E-state index contributed by atoms with van der Waals surface area (Å²) in [5, 5.41) is 4.89. The van der Waals surface area contributed by atoms with Crippen molar-refractivity contribution in [3.05, 3.63) is 51.8 Å². The van der Waals surface area contributed by atoms with E-state index in [0.29, 0.717) is 47.9 Å². The lowest BCUT2D eigenvalue weighted by atomic mass is 10.1. The van der Waals surface area contributed by atoms with Crippen molar-refractivity contribution in [1.29, 1.82) is 0 Å². The highest BCUT2D eigenvalue weighted by Gasteiger charge is 2.32. The second-order valence-electron chi connectivity index (χ2n) is 9.33. The third-order valence-corrected chi connectivity index (χ3v) is 8.07. The molecule has 6 rings (SSSR count). The average molecular weight is 528 g/mol. The Morgan fingerprint density at radius 2 is 2.08 bits per heavy atom. The maximum atomic E-state index is 15.1. The van der Waals surface area contributed by atoms with Crippen LogP contribution in [0.5, 0.6) is 0 Å². The summed E-state index contributed by atoms with van der Waals surface area (Å²) in [5.41, 5.74) is 2.73. The minimum atomic E-state index is -0.416. The summed E-state index contributed by atoms with van der Waals surface area (Å²) in [7, 11) is 1.75. The zero-order chi connectivity index (χ0) is 25.0. The quantitative estimate of drug-likeness (QED) is 0.365. The van der Waals surface area contributed by atoms with Crippen molar-refractivity contribution in [3.63, 3.8) is 0 Å². The molecule has 4 aromatic rings. The number of ether oxygens (including phenoxy) is 1. The summed E-state index contributed by atoms with van der Waals surface area (Å²) in [4.78, 5) is 17.3. The number of anilines is 1. The fraction of sp³-hybridized carbons (Fsp3) is 0.440. The number of hydrogen-bond donors (Lipinski definition) is 0. The van der Waals surface area contributed by atoms with Gasteiger partial charge in [0.1, 0.15) is 16.6 Å². The van der Waals surface area contributed by atoms with E-state index in [4.69, 9.17) is 26.3 Å². The van der Waals surface area contributed by atoms with Gasteiger partial charge in [-0.05, 0) is 44.9 Å². The molecule has 1 aliphatic heterocycles. The number of morpholine rings is 1. The molecule has 1 saturated heterocycles. The molecule has 2 fully saturated rings. The van der Waals surface area contributed by atoms with E-state index in [1.165, 1.54) is 30.2 Å². The van der Waals surface area contributed by atoms with Gasteiger partial charge in [-0.2, -0.15) is 10.1 Å². The van der Waals surface area contributed by atoms with E-state index < -0.39 is 5.82 Å². The first kappa shape index (κ1) is 23.6. The van der Waals surface area contributed by atoms with Crippen LogP contribution in [0, 0.1) is 5.82 Å². The molecular formula is C25H27ClFN7OS. The lowest BCUT2D eigenvalue weighted by Crippen LogP contribution is -2.43. The first-order valence-electron chi connectivity index (χ1n) is 12.2. The van der Waals surface area contributed by atoms with Crippen LogP contribution >= 0.6 is 22.9 Å². The van der Waals surface area contributed by atoms with Crippen molar-refractivity contribution >= 4 is 39.2 Å². The van der Waals surface area contributed by atoms with Crippen molar-refractivity contribution in [2.45, 2.75) is 51.5 Å². The van der Waals surface area contributed by atoms with Crippen LogP contribution in [0.25, 0.3) is 21.6 Å². The van der Waals surface area contributed by atoms with E-state index >= 15 is 4.39 Å². The van der Waals surface area contributed by atoms with Crippen molar-refractivity contribution in [1.82, 2.24) is 24.3 Å². The van der Waals surface area contributed by atoms with Crippen LogP contribution in [0.4, 0.5) is 10.3 Å². The average Bonchev–Trinajstić information content (AvgIpc) is 3.47. The predicted octanol–water partition coefficient (Wildman–Crippen LogP) is 5.00. The molecule has 1 aromatic carbocycles. The Hall–Kier alpha value is -2.82. The Bertz CT molecular complexity index is 1510. The molecular weight excluding hydrogens is 501 g/mol. The molecule has 11 heteroatoms. The van der Waals surface area contributed by atoms with Crippen LogP contribution < -0.4 is 9.70 Å². The summed E-state index contributed by atoms with van der Waals surface area (Å²) in [6.07, 6.45) is 6.16. The molecule has 2 atom stereocenters. The minimum absolute atomic E-state index is 0.0370. The fourth-order valence-electron chi connectivity index (χ4n) is 4.75. The van der Waals surface area contributed by atoms with Gasteiger partial charge in [0.05, 0.1) is 30.6 Å². The molecule has 188 valence electrons. The van der Waals surface area contributed by atoms with E-state index in [-0.39, 0.29) is 12.2 Å². The molecule has 0 spiro atoms. The second-order valence-corrected chi connectivity index (χ2v) is 10.7. The Kier molecular flexibility index (Phi) is 6.05. The zero-order valence-corrected chi connectivity index (χ0v) is 21.9. The number of fused-ring (bicyclic) bond motifs is 1. The highest BCUT2D eigenvalue weighted by atomic mass is 35.5. The molecule has 0 amide bonds. The van der Waals surface area contributed by atoms with E-state index in [1.54, 1.807) is 19.2 Å². The van der Waals surface area contributed by atoms with Crippen LogP contribution in [-0.4, -0.2) is 50.6 Å². The molecule has 0 radical (unpaired) electrons. The molecule has 36 heavy (non-hydrogen) atoms. The van der Waals surface area contributed by atoms with E-state index in [1.807, 2.05) is 22.4 Å². The maximum absolute atomic E-state index is 15.1. The van der Waals surface area contributed by atoms with Gasteiger partial charge >= 0.3 is 0 Å². The van der Waals surface area contributed by atoms with Crippen LogP contribution in [0.15, 0.2) is 35.6 Å². The van der Waals surface area contributed by atoms with Gasteiger partial charge in [0.15, 0.2) is 10.4 Å². The molecule has 8 nitrogen and oxygen atoms in total. The summed E-state index contributed by atoms with van der Waals surface area (Å²) >= 11 is 7.51. The van der Waals surface area contributed by atoms with E-state index in [2.05, 4.69) is 28.1 Å². The molecule has 1 aliphatic carbocycles. The monoisotopic (exact) mass is 527 g/mol. The third kappa shape index (κ3) is 4.21. The first-order chi connectivity index (χ1) is 17.4. The van der Waals surface area contributed by atoms with Gasteiger partial charge in [-0.25, -0.2) is 9.37 Å². The van der Waals surface area contributed by atoms with E-state index in [0.717, 1.165) is 20.7 Å². The number of aromatic nitrogens is 5. The summed E-state index contributed by atoms with van der Waals surface area (Å²) < 4.78 is 26.3. The van der Waals surface area contributed by atoms with Gasteiger partial charge in [0.2, 0.25) is 5.95 Å². The largest absolute Gasteiger partial charge is 0.367 e. The summed E-state index contributed by atoms with van der Waals surface area (Å²) in [6, 6.07) is 5.20. The smallest absolute Gasteiger partial charge is 0.228 e. The standard InChI is InChI=1S/C25H27ClFN7OS/c1-4-33-23-22(36-25(33)28-3)21(18-8-5-16(26)9-19(18)27)30-24(31-23)32-11-14(2)35-20(13-32)15-10-29-34(12-15)17-6-7-17/h5,8-10,12,14,17,20H,4,6-7,11,13H2,1-3H3/t14-,20-/m0/s1. The molecule has 2 aliphatic rings. The van der Waals surface area contributed by atoms with Crippen molar-refractivity contribution in [2.24, 2.45) is 4.99 Å². The Labute approximate surface area is 217 Å². The number of hydrogen-bond acceptors (Lipinski definition) is 7. The first-order valence-corrected chi connectivity index (χ1v) is 13.4. The third-order valence-electron chi connectivity index (χ3n) is 6.67. The lowest BCUT2D eigenvalue weighted by molar-refractivity contribution is -0.0178. The highest BCUT2D eigenvalue weighted by molar-refractivity contribution is 7.16. The number of nitrogens with zero attached hydrogens (tertiary/aromatic N) is 7. The van der Waals surface area contributed by atoms with Gasteiger partial charge in [0, 0.05) is 42.5 Å². The number of benzene rings is 1. The summed E-state index contributed by atoms with van der Waals surface area (Å²) in [6.45, 7) is 6.00. The zero-order valence-electron chi connectivity index (χ0n) is 20.4. The number of rotatable bonds is 5. The van der Waals surface area contributed by atoms with Gasteiger partial charge < -0.3 is 14.2 Å². The molecule has 0 unspecified atom stereocenters. The Morgan fingerprint density at radius 3 is 2.81 bits per heavy atom. The van der Waals surface area contributed by atoms with Crippen LogP contribution in [0.2, 0.25) is 5.02 Å². The maximum Gasteiger partial charge on any atom is 0.228 e. The fourth-order valence-corrected chi connectivity index (χ4v) is 6.01. The van der Waals surface area contributed by atoms with Crippen molar-refractivity contribution < 1.29 is 9.13 Å². The SMILES string of the molecule is CCn1c(=NC)sc2c(-c3ccc(Cl)cc3F)nc(N3C[C@@H](c4cnn(C5CC5)c4)O[C@@H](C)C3)nc21. The van der Waals surface area contributed by atoms with Crippen molar-refractivity contribution in [2.75, 3.05) is 25.0 Å². The van der Waals surface area contributed by atoms with Gasteiger partial charge in [0.25, 0.3) is 0 Å². The Balaban J connectivity index is 1.46. The Morgan fingerprint density at radius 1 is 1.25 bits per heavy atom. The van der Waals surface area contributed by atoms with Gasteiger partial charge in [-0.3, -0.25) is 9.67 Å². The minimum Gasteiger partial charge on any atom is -0.367 e. The van der Waals surface area contributed by atoms with Crippen LogP contribution in [0.3, 0.4) is 0 Å². The second kappa shape index (κ2) is 9.24. The van der Waals surface area contributed by atoms with Crippen molar-refractivity contribution in [3.8, 4) is 11.3 Å². The molecule has 0 bridgehead atoms. The number of halogens is 2. The molecule has 0 N–H and O–H groups in total. The van der Waals surface area contributed by atoms with E-state index in [9.17, 15) is 0 Å². The summed E-state index contributed by atoms with van der Waals surface area (Å²) in [5.74, 6) is 0.129. The number of aryl methyl sites for hydroxylation is 1. The van der Waals surface area contributed by atoms with Gasteiger partial charge in [-0.1, -0.05) is 22.9 Å². The lowest BCUT2D eigenvalue weighted by Gasteiger charge is -2.36. The van der Waals surface area contributed by atoms with Crippen LogP contribution in [-0.2, 0) is 11.3 Å². The highest BCUT2D eigenvalue weighted by Crippen LogP contribution is 2.37. The van der Waals surface area contributed by atoms with Gasteiger partial charge in [-0.15, -0.1) is 0 Å². The normalized spacial score (nSPS) is 21.0. The molecule has 1 saturated carbocycles. The topological polar surface area (TPSA) is 73.4 Å².